The first-order chi connectivity index (χ1) is 9.56. The number of morpholine rings is 1. The summed E-state index contributed by atoms with van der Waals surface area (Å²) >= 11 is 0. The van der Waals surface area contributed by atoms with E-state index >= 15 is 0 Å². The predicted molar refractivity (Wildman–Crippen MR) is 75.8 cm³/mol. The van der Waals surface area contributed by atoms with Crippen molar-refractivity contribution in [3.05, 3.63) is 34.2 Å². The summed E-state index contributed by atoms with van der Waals surface area (Å²) in [5, 5.41) is 2.78. The molecule has 0 radical (unpaired) electrons. The van der Waals surface area contributed by atoms with E-state index in [4.69, 9.17) is 4.74 Å². The number of aromatic nitrogens is 1. The first-order valence-electron chi connectivity index (χ1n) is 6.90. The van der Waals surface area contributed by atoms with Crippen LogP contribution in [0.4, 0.5) is 0 Å². The van der Waals surface area contributed by atoms with Gasteiger partial charge in [0.05, 0.1) is 12.2 Å². The molecule has 110 valence electrons. The van der Waals surface area contributed by atoms with Gasteiger partial charge in [0.2, 0.25) is 0 Å². The van der Waals surface area contributed by atoms with Crippen LogP contribution in [0.15, 0.2) is 23.1 Å². The van der Waals surface area contributed by atoms with Crippen molar-refractivity contribution >= 4 is 5.91 Å². The van der Waals surface area contributed by atoms with Crippen molar-refractivity contribution in [3.63, 3.8) is 0 Å². The number of hydrogen-bond acceptors (Lipinski definition) is 4. The Morgan fingerprint density at radius 1 is 1.45 bits per heavy atom. The first kappa shape index (κ1) is 14.7. The molecule has 0 unspecified atom stereocenters. The lowest BCUT2D eigenvalue weighted by Gasteiger charge is -2.35. The van der Waals surface area contributed by atoms with E-state index in [1.807, 2.05) is 13.8 Å². The van der Waals surface area contributed by atoms with E-state index in [1.165, 1.54) is 12.3 Å². The maximum Gasteiger partial charge on any atom is 0.260 e. The van der Waals surface area contributed by atoms with Crippen LogP contribution in [-0.4, -0.2) is 54.2 Å². The summed E-state index contributed by atoms with van der Waals surface area (Å²) in [5.74, 6) is -0.332. The number of nitrogens with one attached hydrogen (secondary N) is 2. The van der Waals surface area contributed by atoms with E-state index in [9.17, 15) is 9.59 Å². The standard InChI is InChI=1S/C14H21N3O3/c1-10-8-17(9-11(2)20-10)7-6-16-14(19)12-4-3-5-15-13(12)18/h3-5,10-11H,6-9H2,1-2H3,(H,15,18)(H,16,19)/t10-,11-/m0/s1. The predicted octanol–water partition coefficient (Wildman–Crippen LogP) is 0.214. The molecule has 2 atom stereocenters. The number of ether oxygens (including phenoxy) is 1. The van der Waals surface area contributed by atoms with Gasteiger partial charge in [-0.3, -0.25) is 14.5 Å². The van der Waals surface area contributed by atoms with Gasteiger partial charge in [-0.2, -0.15) is 0 Å². The summed E-state index contributed by atoms with van der Waals surface area (Å²) in [5.41, 5.74) is -0.213. The van der Waals surface area contributed by atoms with Crippen LogP contribution in [0.1, 0.15) is 24.2 Å². The van der Waals surface area contributed by atoms with Gasteiger partial charge in [0, 0.05) is 32.4 Å². The molecule has 1 aromatic heterocycles. The molecule has 2 rings (SSSR count). The molecule has 2 heterocycles. The second-order valence-corrected chi connectivity index (χ2v) is 5.19. The van der Waals surface area contributed by atoms with Gasteiger partial charge in [0.1, 0.15) is 5.56 Å². The summed E-state index contributed by atoms with van der Waals surface area (Å²) in [6.45, 7) is 7.11. The Labute approximate surface area is 118 Å². The molecule has 0 aromatic carbocycles. The van der Waals surface area contributed by atoms with Crippen LogP contribution in [0.3, 0.4) is 0 Å². The fraction of sp³-hybridized carbons (Fsp3) is 0.571. The molecular weight excluding hydrogens is 258 g/mol. The molecule has 6 heteroatoms. The fourth-order valence-corrected chi connectivity index (χ4v) is 2.49. The minimum absolute atomic E-state index is 0.149. The van der Waals surface area contributed by atoms with Crippen molar-refractivity contribution in [2.24, 2.45) is 0 Å². The molecular formula is C14H21N3O3. The normalized spacial score (nSPS) is 23.5. The minimum atomic E-state index is -0.362. The average Bonchev–Trinajstić information content (AvgIpc) is 2.38. The van der Waals surface area contributed by atoms with Crippen molar-refractivity contribution < 1.29 is 9.53 Å². The van der Waals surface area contributed by atoms with E-state index < -0.39 is 0 Å². The highest BCUT2D eigenvalue weighted by Gasteiger charge is 2.21. The summed E-state index contributed by atoms with van der Waals surface area (Å²) in [7, 11) is 0. The number of amides is 1. The van der Waals surface area contributed by atoms with Crippen LogP contribution in [0.2, 0.25) is 0 Å². The van der Waals surface area contributed by atoms with Gasteiger partial charge >= 0.3 is 0 Å². The smallest absolute Gasteiger partial charge is 0.260 e. The molecule has 1 aromatic rings. The largest absolute Gasteiger partial charge is 0.373 e. The second-order valence-electron chi connectivity index (χ2n) is 5.19. The van der Waals surface area contributed by atoms with Crippen molar-refractivity contribution in [2.75, 3.05) is 26.2 Å². The Morgan fingerprint density at radius 2 is 2.15 bits per heavy atom. The number of aromatic amines is 1. The molecule has 20 heavy (non-hydrogen) atoms. The van der Waals surface area contributed by atoms with Crippen LogP contribution < -0.4 is 10.9 Å². The molecule has 2 N–H and O–H groups in total. The summed E-state index contributed by atoms with van der Waals surface area (Å²) in [4.78, 5) is 28.1. The number of nitrogens with zero attached hydrogens (tertiary/aromatic N) is 1. The molecule has 0 aliphatic carbocycles. The molecule has 1 aliphatic heterocycles. The third kappa shape index (κ3) is 3.91. The number of carbonyl (C=O) groups is 1. The summed E-state index contributed by atoms with van der Waals surface area (Å²) < 4.78 is 5.65. The Hall–Kier alpha value is -1.66. The van der Waals surface area contributed by atoms with Gasteiger partial charge in [0.25, 0.3) is 11.5 Å². The number of rotatable bonds is 4. The molecule has 1 fully saturated rings. The van der Waals surface area contributed by atoms with Crippen molar-refractivity contribution in [3.8, 4) is 0 Å². The van der Waals surface area contributed by atoms with E-state index in [1.54, 1.807) is 6.07 Å². The zero-order valence-corrected chi connectivity index (χ0v) is 11.9. The van der Waals surface area contributed by atoms with Crippen LogP contribution in [0.25, 0.3) is 0 Å². The number of hydrogen-bond donors (Lipinski definition) is 2. The van der Waals surface area contributed by atoms with Crippen LogP contribution in [0.5, 0.6) is 0 Å². The summed E-state index contributed by atoms with van der Waals surface area (Å²) in [6.07, 6.45) is 1.94. The molecule has 6 nitrogen and oxygen atoms in total. The molecule has 1 saturated heterocycles. The van der Waals surface area contributed by atoms with Gasteiger partial charge < -0.3 is 15.0 Å². The van der Waals surface area contributed by atoms with E-state index in [0.717, 1.165) is 19.6 Å². The topological polar surface area (TPSA) is 74.4 Å². The van der Waals surface area contributed by atoms with Crippen molar-refractivity contribution in [1.29, 1.82) is 0 Å². The molecule has 0 bridgehead atoms. The summed E-state index contributed by atoms with van der Waals surface area (Å²) in [6, 6.07) is 3.16. The second kappa shape index (κ2) is 6.67. The third-order valence-electron chi connectivity index (χ3n) is 3.27. The number of carbonyl (C=O) groups excluding carboxylic acids is 1. The number of H-pyrrole nitrogens is 1. The lowest BCUT2D eigenvalue weighted by atomic mass is 10.2. The van der Waals surface area contributed by atoms with Gasteiger partial charge in [-0.1, -0.05) is 0 Å². The van der Waals surface area contributed by atoms with E-state index in [0.29, 0.717) is 6.54 Å². The van der Waals surface area contributed by atoms with Crippen LogP contribution in [-0.2, 0) is 4.74 Å². The highest BCUT2D eigenvalue weighted by Crippen LogP contribution is 2.09. The lowest BCUT2D eigenvalue weighted by molar-refractivity contribution is -0.0672. The minimum Gasteiger partial charge on any atom is -0.373 e. The quantitative estimate of drug-likeness (QED) is 0.826. The fourth-order valence-electron chi connectivity index (χ4n) is 2.49. The van der Waals surface area contributed by atoms with Crippen LogP contribution in [0, 0.1) is 0 Å². The van der Waals surface area contributed by atoms with Gasteiger partial charge in [-0.05, 0) is 26.0 Å². The zero-order chi connectivity index (χ0) is 14.5. The zero-order valence-electron chi connectivity index (χ0n) is 11.9. The molecule has 1 amide bonds. The Balaban J connectivity index is 1.80. The van der Waals surface area contributed by atoms with Gasteiger partial charge in [-0.25, -0.2) is 0 Å². The van der Waals surface area contributed by atoms with E-state index in [2.05, 4.69) is 15.2 Å². The lowest BCUT2D eigenvalue weighted by Crippen LogP contribution is -2.48. The third-order valence-corrected chi connectivity index (χ3v) is 3.27. The Kier molecular flexibility index (Phi) is 4.92. The number of pyridine rings is 1. The SMILES string of the molecule is C[C@H]1CN(CCNC(=O)c2ccc[nH]c2=O)C[C@H](C)O1. The maximum absolute atomic E-state index is 11.9. The monoisotopic (exact) mass is 279 g/mol. The highest BCUT2D eigenvalue weighted by molar-refractivity contribution is 5.93. The molecule has 0 saturated carbocycles. The van der Waals surface area contributed by atoms with Gasteiger partial charge in [-0.15, -0.1) is 0 Å². The highest BCUT2D eigenvalue weighted by atomic mass is 16.5. The van der Waals surface area contributed by atoms with Crippen molar-refractivity contribution in [1.82, 2.24) is 15.2 Å². The molecule has 1 aliphatic rings. The van der Waals surface area contributed by atoms with Crippen molar-refractivity contribution in [2.45, 2.75) is 26.1 Å². The Bertz CT molecular complexity index is 504. The van der Waals surface area contributed by atoms with Gasteiger partial charge in [0.15, 0.2) is 0 Å². The molecule has 0 spiro atoms. The van der Waals surface area contributed by atoms with Crippen LogP contribution >= 0.6 is 0 Å². The maximum atomic E-state index is 11.9. The Morgan fingerprint density at radius 3 is 2.80 bits per heavy atom. The van der Waals surface area contributed by atoms with E-state index in [-0.39, 0.29) is 29.2 Å². The first-order valence-corrected chi connectivity index (χ1v) is 6.90. The average molecular weight is 279 g/mol.